The van der Waals surface area contributed by atoms with Crippen molar-refractivity contribution in [2.45, 2.75) is 6.92 Å². The molecule has 104 valence electrons. The van der Waals surface area contributed by atoms with E-state index < -0.39 is 0 Å². The molecule has 0 heterocycles. The summed E-state index contributed by atoms with van der Waals surface area (Å²) in [5.41, 5.74) is 1.13. The number of amides is 1. The molecule has 1 N–H and O–H groups in total. The van der Waals surface area contributed by atoms with Gasteiger partial charge in [-0.05, 0) is 31.2 Å². The van der Waals surface area contributed by atoms with E-state index >= 15 is 0 Å². The number of para-hydroxylation sites is 3. The minimum absolute atomic E-state index is 0.224. The van der Waals surface area contributed by atoms with Gasteiger partial charge in [0.25, 0.3) is 5.91 Å². The van der Waals surface area contributed by atoms with Gasteiger partial charge in [-0.2, -0.15) is 0 Å². The summed E-state index contributed by atoms with van der Waals surface area (Å²) in [6, 6.07) is 14.4. The Balaban J connectivity index is 2.24. The summed E-state index contributed by atoms with van der Waals surface area (Å²) < 4.78 is 10.7. The summed E-state index contributed by atoms with van der Waals surface area (Å²) in [6.45, 7) is 2.40. The fourth-order valence-corrected chi connectivity index (χ4v) is 1.87. The van der Waals surface area contributed by atoms with Gasteiger partial charge in [0, 0.05) is 0 Å². The third kappa shape index (κ3) is 3.09. The molecule has 4 nitrogen and oxygen atoms in total. The first-order chi connectivity index (χ1) is 9.76. The number of hydrogen-bond acceptors (Lipinski definition) is 3. The Bertz CT molecular complexity index is 596. The molecule has 0 aliphatic rings. The van der Waals surface area contributed by atoms with Crippen LogP contribution in [0.25, 0.3) is 0 Å². The largest absolute Gasteiger partial charge is 0.495 e. The van der Waals surface area contributed by atoms with E-state index in [1.165, 1.54) is 0 Å². The lowest BCUT2D eigenvalue weighted by molar-refractivity contribution is 0.102. The minimum atomic E-state index is -0.224. The summed E-state index contributed by atoms with van der Waals surface area (Å²) in [7, 11) is 1.57. The number of ether oxygens (including phenoxy) is 2. The number of benzene rings is 2. The van der Waals surface area contributed by atoms with Crippen molar-refractivity contribution in [1.29, 1.82) is 0 Å². The number of hydrogen-bond donors (Lipinski definition) is 1. The Morgan fingerprint density at radius 1 is 1.05 bits per heavy atom. The first kappa shape index (κ1) is 13.9. The van der Waals surface area contributed by atoms with E-state index in [9.17, 15) is 4.79 Å². The molecular weight excluding hydrogens is 254 g/mol. The molecule has 2 aromatic carbocycles. The number of methoxy groups -OCH3 is 1. The summed E-state index contributed by atoms with van der Waals surface area (Å²) >= 11 is 0. The van der Waals surface area contributed by atoms with Crippen molar-refractivity contribution in [1.82, 2.24) is 0 Å². The predicted molar refractivity (Wildman–Crippen MR) is 78.6 cm³/mol. The van der Waals surface area contributed by atoms with E-state index in [1.54, 1.807) is 37.4 Å². The van der Waals surface area contributed by atoms with Crippen molar-refractivity contribution in [3.63, 3.8) is 0 Å². The van der Waals surface area contributed by atoms with Crippen LogP contribution in [0.1, 0.15) is 17.3 Å². The number of carbonyl (C=O) groups is 1. The van der Waals surface area contributed by atoms with E-state index in [0.717, 1.165) is 0 Å². The zero-order chi connectivity index (χ0) is 14.4. The van der Waals surface area contributed by atoms with Crippen LogP contribution in [0.15, 0.2) is 48.5 Å². The quantitative estimate of drug-likeness (QED) is 0.907. The van der Waals surface area contributed by atoms with Gasteiger partial charge in [0.1, 0.15) is 11.5 Å². The molecule has 0 aromatic heterocycles. The van der Waals surface area contributed by atoms with Crippen molar-refractivity contribution in [2.75, 3.05) is 19.0 Å². The Morgan fingerprint density at radius 2 is 1.70 bits per heavy atom. The average Bonchev–Trinajstić information content (AvgIpc) is 2.48. The molecule has 4 heteroatoms. The van der Waals surface area contributed by atoms with E-state index in [-0.39, 0.29) is 5.91 Å². The molecule has 2 rings (SSSR count). The monoisotopic (exact) mass is 271 g/mol. The molecule has 0 bridgehead atoms. The van der Waals surface area contributed by atoms with Gasteiger partial charge in [0.2, 0.25) is 0 Å². The number of anilines is 1. The minimum Gasteiger partial charge on any atom is -0.495 e. The highest BCUT2D eigenvalue weighted by Gasteiger charge is 2.13. The van der Waals surface area contributed by atoms with Gasteiger partial charge in [-0.1, -0.05) is 24.3 Å². The first-order valence-corrected chi connectivity index (χ1v) is 6.42. The van der Waals surface area contributed by atoms with E-state index in [0.29, 0.717) is 29.4 Å². The van der Waals surface area contributed by atoms with E-state index in [1.807, 2.05) is 25.1 Å². The molecule has 0 atom stereocenters. The summed E-state index contributed by atoms with van der Waals surface area (Å²) in [6.07, 6.45) is 0. The van der Waals surface area contributed by atoms with Crippen molar-refractivity contribution in [3.8, 4) is 11.5 Å². The second-order valence-electron chi connectivity index (χ2n) is 4.08. The number of carbonyl (C=O) groups excluding carboxylic acids is 1. The van der Waals surface area contributed by atoms with Crippen LogP contribution in [0.5, 0.6) is 11.5 Å². The molecule has 0 aliphatic heterocycles. The van der Waals surface area contributed by atoms with Crippen LogP contribution in [-0.4, -0.2) is 19.6 Å². The predicted octanol–water partition coefficient (Wildman–Crippen LogP) is 3.35. The van der Waals surface area contributed by atoms with Crippen LogP contribution in [0.3, 0.4) is 0 Å². The third-order valence-electron chi connectivity index (χ3n) is 2.79. The Labute approximate surface area is 118 Å². The van der Waals surface area contributed by atoms with Crippen molar-refractivity contribution in [3.05, 3.63) is 54.1 Å². The van der Waals surface area contributed by atoms with Crippen molar-refractivity contribution >= 4 is 11.6 Å². The highest BCUT2D eigenvalue weighted by Crippen LogP contribution is 2.25. The molecule has 0 unspecified atom stereocenters. The Morgan fingerprint density at radius 3 is 2.40 bits per heavy atom. The second-order valence-corrected chi connectivity index (χ2v) is 4.08. The molecule has 0 fully saturated rings. The molecule has 0 aliphatic carbocycles. The zero-order valence-electron chi connectivity index (χ0n) is 11.6. The molecule has 0 spiro atoms. The van der Waals surface area contributed by atoms with Crippen LogP contribution < -0.4 is 14.8 Å². The normalized spacial score (nSPS) is 9.90. The molecule has 0 saturated heterocycles. The molecule has 20 heavy (non-hydrogen) atoms. The van der Waals surface area contributed by atoms with Crippen LogP contribution in [0.4, 0.5) is 5.69 Å². The lowest BCUT2D eigenvalue weighted by atomic mass is 10.2. The lowest BCUT2D eigenvalue weighted by Crippen LogP contribution is -2.14. The first-order valence-electron chi connectivity index (χ1n) is 6.42. The molecular formula is C16H17NO3. The maximum absolute atomic E-state index is 12.3. The van der Waals surface area contributed by atoms with Gasteiger partial charge in [-0.25, -0.2) is 0 Å². The Kier molecular flexibility index (Phi) is 4.60. The number of rotatable bonds is 5. The average molecular weight is 271 g/mol. The van der Waals surface area contributed by atoms with Crippen LogP contribution in [0.2, 0.25) is 0 Å². The zero-order valence-corrected chi connectivity index (χ0v) is 11.6. The maximum Gasteiger partial charge on any atom is 0.259 e. The third-order valence-corrected chi connectivity index (χ3v) is 2.79. The molecule has 0 radical (unpaired) electrons. The highest BCUT2D eigenvalue weighted by molar-refractivity contribution is 6.06. The van der Waals surface area contributed by atoms with Crippen molar-refractivity contribution in [2.24, 2.45) is 0 Å². The molecule has 2 aromatic rings. The highest BCUT2D eigenvalue weighted by atomic mass is 16.5. The second kappa shape index (κ2) is 6.61. The van der Waals surface area contributed by atoms with Gasteiger partial charge >= 0.3 is 0 Å². The van der Waals surface area contributed by atoms with Crippen molar-refractivity contribution < 1.29 is 14.3 Å². The van der Waals surface area contributed by atoms with Crippen LogP contribution >= 0.6 is 0 Å². The summed E-state index contributed by atoms with van der Waals surface area (Å²) in [5.74, 6) is 0.968. The maximum atomic E-state index is 12.3. The van der Waals surface area contributed by atoms with Gasteiger partial charge in [0.15, 0.2) is 0 Å². The standard InChI is InChI=1S/C16H17NO3/c1-3-20-14-10-6-4-8-12(14)16(18)17-13-9-5-7-11-15(13)19-2/h4-11H,3H2,1-2H3,(H,17,18). The molecule has 0 saturated carbocycles. The summed E-state index contributed by atoms with van der Waals surface area (Å²) in [5, 5.41) is 2.83. The SMILES string of the molecule is CCOc1ccccc1C(=O)Nc1ccccc1OC. The number of nitrogens with one attached hydrogen (secondary N) is 1. The smallest absolute Gasteiger partial charge is 0.259 e. The van der Waals surface area contributed by atoms with Crippen LogP contribution in [-0.2, 0) is 0 Å². The fourth-order valence-electron chi connectivity index (χ4n) is 1.87. The van der Waals surface area contributed by atoms with Gasteiger partial charge < -0.3 is 14.8 Å². The van der Waals surface area contributed by atoms with E-state index in [2.05, 4.69) is 5.32 Å². The van der Waals surface area contributed by atoms with Gasteiger partial charge in [-0.3, -0.25) is 4.79 Å². The molecule has 1 amide bonds. The summed E-state index contributed by atoms with van der Waals surface area (Å²) in [4.78, 5) is 12.3. The van der Waals surface area contributed by atoms with Gasteiger partial charge in [-0.15, -0.1) is 0 Å². The van der Waals surface area contributed by atoms with Crippen LogP contribution in [0, 0.1) is 0 Å². The van der Waals surface area contributed by atoms with Gasteiger partial charge in [0.05, 0.1) is 25.0 Å². The topological polar surface area (TPSA) is 47.6 Å². The van der Waals surface area contributed by atoms with E-state index in [4.69, 9.17) is 9.47 Å². The lowest BCUT2D eigenvalue weighted by Gasteiger charge is -2.12. The fraction of sp³-hybridized carbons (Fsp3) is 0.188. The Hall–Kier alpha value is -2.49.